The number of hydrogen-bond donors (Lipinski definition) is 0. The van der Waals surface area contributed by atoms with Crippen LogP contribution < -0.4 is 9.64 Å². The number of rotatable bonds is 8. The number of nitrogens with zero attached hydrogens (tertiary/aromatic N) is 3. The zero-order valence-electron chi connectivity index (χ0n) is 19.5. The second kappa shape index (κ2) is 11.1. The molecular weight excluding hydrogens is 422 g/mol. The molecule has 3 aliphatic rings. The van der Waals surface area contributed by atoms with Gasteiger partial charge in [-0.05, 0) is 44.0 Å². The molecule has 1 aromatic carbocycles. The van der Waals surface area contributed by atoms with E-state index < -0.39 is 6.04 Å². The monoisotopic (exact) mass is 457 g/mol. The van der Waals surface area contributed by atoms with Crippen molar-refractivity contribution in [3.05, 3.63) is 24.3 Å². The van der Waals surface area contributed by atoms with E-state index in [1.165, 1.54) is 4.90 Å². The summed E-state index contributed by atoms with van der Waals surface area (Å²) in [7, 11) is 0. The predicted molar refractivity (Wildman–Crippen MR) is 124 cm³/mol. The van der Waals surface area contributed by atoms with Crippen LogP contribution in [0.5, 0.6) is 5.75 Å². The lowest BCUT2D eigenvalue weighted by molar-refractivity contribution is -0.143. The zero-order chi connectivity index (χ0) is 23.2. The molecule has 0 aromatic heterocycles. The van der Waals surface area contributed by atoms with Crippen LogP contribution >= 0.6 is 0 Å². The third-order valence-electron chi connectivity index (χ3n) is 6.90. The Morgan fingerprint density at radius 2 is 1.79 bits per heavy atom. The van der Waals surface area contributed by atoms with Gasteiger partial charge in [-0.15, -0.1) is 0 Å². The number of amides is 3. The van der Waals surface area contributed by atoms with Crippen LogP contribution in [0.15, 0.2) is 24.3 Å². The van der Waals surface area contributed by atoms with Gasteiger partial charge >= 0.3 is 0 Å². The van der Waals surface area contributed by atoms with Crippen molar-refractivity contribution in [2.24, 2.45) is 5.92 Å². The van der Waals surface area contributed by atoms with Gasteiger partial charge in [-0.2, -0.15) is 0 Å². The third kappa shape index (κ3) is 5.55. The van der Waals surface area contributed by atoms with Gasteiger partial charge in [0.2, 0.25) is 11.8 Å². The van der Waals surface area contributed by atoms with Gasteiger partial charge in [0.1, 0.15) is 11.8 Å². The molecule has 0 N–H and O–H groups in total. The molecule has 1 aliphatic carbocycles. The summed E-state index contributed by atoms with van der Waals surface area (Å²) in [6.07, 6.45) is 5.01. The maximum Gasteiger partial charge on any atom is 0.257 e. The summed E-state index contributed by atoms with van der Waals surface area (Å²) in [5, 5.41) is 0. The molecular formula is C25H35N3O5. The number of hydrogen-bond acceptors (Lipinski definition) is 6. The van der Waals surface area contributed by atoms with Gasteiger partial charge in [0.25, 0.3) is 5.91 Å². The smallest absolute Gasteiger partial charge is 0.257 e. The van der Waals surface area contributed by atoms with Crippen LogP contribution in [-0.4, -0.2) is 79.6 Å². The summed E-state index contributed by atoms with van der Waals surface area (Å²) >= 11 is 0. The molecule has 4 rings (SSSR count). The van der Waals surface area contributed by atoms with Gasteiger partial charge in [0, 0.05) is 32.1 Å². The van der Waals surface area contributed by atoms with Crippen LogP contribution in [0.3, 0.4) is 0 Å². The third-order valence-corrected chi connectivity index (χ3v) is 6.90. The molecule has 0 bridgehead atoms. The summed E-state index contributed by atoms with van der Waals surface area (Å²) in [4.78, 5) is 45.1. The molecule has 8 nitrogen and oxygen atoms in total. The Kier molecular flexibility index (Phi) is 7.98. The lowest BCUT2D eigenvalue weighted by Crippen LogP contribution is -2.51. The highest BCUT2D eigenvalue weighted by Crippen LogP contribution is 2.31. The summed E-state index contributed by atoms with van der Waals surface area (Å²) in [6.45, 7) is 6.60. The van der Waals surface area contributed by atoms with Crippen molar-refractivity contribution in [2.45, 2.75) is 51.5 Å². The predicted octanol–water partition coefficient (Wildman–Crippen LogP) is 2.46. The van der Waals surface area contributed by atoms with E-state index in [0.717, 1.165) is 45.2 Å². The Labute approximate surface area is 195 Å². The average Bonchev–Trinajstić information content (AvgIpc) is 3.14. The van der Waals surface area contributed by atoms with E-state index >= 15 is 0 Å². The number of anilines is 1. The second-order valence-corrected chi connectivity index (χ2v) is 9.03. The first-order valence-electron chi connectivity index (χ1n) is 12.3. The first kappa shape index (κ1) is 23.7. The van der Waals surface area contributed by atoms with Crippen molar-refractivity contribution in [1.82, 2.24) is 9.80 Å². The molecule has 0 radical (unpaired) electrons. The fourth-order valence-corrected chi connectivity index (χ4v) is 5.07. The first-order valence-corrected chi connectivity index (χ1v) is 12.3. The van der Waals surface area contributed by atoms with Crippen LogP contribution in [0.25, 0.3) is 0 Å². The summed E-state index contributed by atoms with van der Waals surface area (Å²) < 4.78 is 10.9. The fourth-order valence-electron chi connectivity index (χ4n) is 5.07. The molecule has 3 amide bonds. The molecule has 3 fully saturated rings. The Bertz CT molecular complexity index is 831. The molecule has 0 spiro atoms. The molecule has 1 aromatic rings. The second-order valence-electron chi connectivity index (χ2n) is 9.03. The molecule has 2 aliphatic heterocycles. The van der Waals surface area contributed by atoms with Gasteiger partial charge in [0.05, 0.1) is 31.9 Å². The lowest BCUT2D eigenvalue weighted by Gasteiger charge is -2.35. The van der Waals surface area contributed by atoms with Crippen molar-refractivity contribution < 1.29 is 23.9 Å². The molecule has 2 saturated heterocycles. The van der Waals surface area contributed by atoms with E-state index in [4.69, 9.17) is 9.47 Å². The van der Waals surface area contributed by atoms with Gasteiger partial charge in [-0.25, -0.2) is 4.90 Å². The highest BCUT2D eigenvalue weighted by molar-refractivity contribution is 6.23. The highest BCUT2D eigenvalue weighted by atomic mass is 16.5. The summed E-state index contributed by atoms with van der Waals surface area (Å²) in [5.41, 5.74) is 0.522. The fraction of sp³-hybridized carbons (Fsp3) is 0.640. The number of carbonyl (C=O) groups excluding carboxylic acids is 3. The molecule has 1 atom stereocenters. The van der Waals surface area contributed by atoms with Crippen molar-refractivity contribution in [1.29, 1.82) is 0 Å². The molecule has 2 heterocycles. The van der Waals surface area contributed by atoms with Gasteiger partial charge < -0.3 is 14.4 Å². The van der Waals surface area contributed by atoms with E-state index in [-0.39, 0.29) is 30.1 Å². The molecule has 8 heteroatoms. The Balaban J connectivity index is 1.51. The minimum atomic E-state index is -0.737. The Morgan fingerprint density at radius 1 is 1.09 bits per heavy atom. The van der Waals surface area contributed by atoms with Gasteiger partial charge in [-0.3, -0.25) is 19.3 Å². The van der Waals surface area contributed by atoms with E-state index in [0.29, 0.717) is 44.3 Å². The molecule has 1 unspecified atom stereocenters. The Morgan fingerprint density at radius 3 is 2.45 bits per heavy atom. The first-order chi connectivity index (χ1) is 16.1. The van der Waals surface area contributed by atoms with Crippen molar-refractivity contribution in [3.63, 3.8) is 0 Å². The average molecular weight is 458 g/mol. The summed E-state index contributed by atoms with van der Waals surface area (Å²) in [5.74, 6) is 0.0994. The van der Waals surface area contributed by atoms with Crippen LogP contribution in [0.2, 0.25) is 0 Å². The molecule has 33 heavy (non-hydrogen) atoms. The van der Waals surface area contributed by atoms with Gasteiger partial charge in [0.15, 0.2) is 0 Å². The largest absolute Gasteiger partial charge is 0.494 e. The van der Waals surface area contributed by atoms with E-state index in [1.807, 2.05) is 6.92 Å². The van der Waals surface area contributed by atoms with E-state index in [9.17, 15) is 14.4 Å². The summed E-state index contributed by atoms with van der Waals surface area (Å²) in [6, 6.07) is 6.24. The van der Waals surface area contributed by atoms with Crippen LogP contribution in [0, 0.1) is 5.92 Å². The number of morpholine rings is 1. The SMILES string of the molecule is CCOc1ccc(N2C(=O)CC(N(CCN3CCOCC3)C(=O)C3CCCCC3)C2=O)cc1. The van der Waals surface area contributed by atoms with E-state index in [2.05, 4.69) is 4.90 Å². The van der Waals surface area contributed by atoms with Crippen LogP contribution in [0.4, 0.5) is 5.69 Å². The van der Waals surface area contributed by atoms with Crippen molar-refractivity contribution >= 4 is 23.4 Å². The van der Waals surface area contributed by atoms with Crippen molar-refractivity contribution in [2.75, 3.05) is 50.9 Å². The number of carbonyl (C=O) groups is 3. The lowest BCUT2D eigenvalue weighted by atomic mass is 9.88. The quantitative estimate of drug-likeness (QED) is 0.558. The van der Waals surface area contributed by atoms with Crippen molar-refractivity contribution in [3.8, 4) is 5.75 Å². The number of ether oxygens (including phenoxy) is 2. The van der Waals surface area contributed by atoms with E-state index in [1.54, 1.807) is 29.2 Å². The maximum atomic E-state index is 13.6. The minimum absolute atomic E-state index is 0.0302. The number of benzene rings is 1. The highest BCUT2D eigenvalue weighted by Gasteiger charge is 2.45. The molecule has 1 saturated carbocycles. The number of imide groups is 1. The molecule has 180 valence electrons. The van der Waals surface area contributed by atoms with Gasteiger partial charge in [-0.1, -0.05) is 19.3 Å². The Hall–Kier alpha value is -2.45. The zero-order valence-corrected chi connectivity index (χ0v) is 19.5. The van der Waals surface area contributed by atoms with Crippen LogP contribution in [-0.2, 0) is 19.1 Å². The maximum absolute atomic E-state index is 13.6. The topological polar surface area (TPSA) is 79.4 Å². The van der Waals surface area contributed by atoms with Crippen LogP contribution in [0.1, 0.15) is 45.4 Å². The standard InChI is InChI=1S/C25H35N3O5/c1-2-33-21-10-8-20(9-11-21)28-23(29)18-22(25(28)31)27(13-12-26-14-16-32-17-15-26)24(30)19-6-4-3-5-7-19/h8-11,19,22H,2-7,12-18H2,1H3. The normalized spacial score (nSPS) is 22.6. The minimum Gasteiger partial charge on any atom is -0.494 e.